The van der Waals surface area contributed by atoms with Crippen LogP contribution in [0.4, 0.5) is 0 Å². The molecular formula is C13H25NO4. The second-order valence-electron chi connectivity index (χ2n) is 4.72. The summed E-state index contributed by atoms with van der Waals surface area (Å²) in [6.45, 7) is 10.0. The van der Waals surface area contributed by atoms with Gasteiger partial charge in [-0.2, -0.15) is 0 Å². The largest absolute Gasteiger partial charge is 0.465 e. The molecule has 0 fully saturated rings. The molecule has 106 valence electrons. The Morgan fingerprint density at radius 3 is 2.22 bits per heavy atom. The minimum Gasteiger partial charge on any atom is -0.465 e. The predicted octanol–water partition coefficient (Wildman–Crippen LogP) is 1.51. The van der Waals surface area contributed by atoms with Gasteiger partial charge in [-0.3, -0.25) is 9.59 Å². The molecule has 1 unspecified atom stereocenters. The number of carbonyl (C=O) groups excluding carboxylic acids is 2. The molecule has 0 bridgehead atoms. The van der Waals surface area contributed by atoms with Gasteiger partial charge in [0.05, 0.1) is 19.1 Å². The SMILES string of the molecule is CCOC(=O)C(NCCC(=O)OC(C)C)C(C)C. The normalized spacial score (nSPS) is 12.6. The van der Waals surface area contributed by atoms with E-state index in [0.717, 1.165) is 0 Å². The lowest BCUT2D eigenvalue weighted by Gasteiger charge is -2.20. The second kappa shape index (κ2) is 8.91. The van der Waals surface area contributed by atoms with E-state index in [4.69, 9.17) is 9.47 Å². The lowest BCUT2D eigenvalue weighted by atomic mass is 10.0. The number of nitrogens with one attached hydrogen (secondary N) is 1. The second-order valence-corrected chi connectivity index (χ2v) is 4.72. The van der Waals surface area contributed by atoms with E-state index in [1.165, 1.54) is 0 Å². The first-order valence-corrected chi connectivity index (χ1v) is 6.48. The summed E-state index contributed by atoms with van der Waals surface area (Å²) in [7, 11) is 0. The van der Waals surface area contributed by atoms with E-state index in [1.54, 1.807) is 20.8 Å². The smallest absolute Gasteiger partial charge is 0.323 e. The van der Waals surface area contributed by atoms with E-state index in [0.29, 0.717) is 13.2 Å². The monoisotopic (exact) mass is 259 g/mol. The van der Waals surface area contributed by atoms with Crippen molar-refractivity contribution < 1.29 is 19.1 Å². The number of hydrogen-bond donors (Lipinski definition) is 1. The van der Waals surface area contributed by atoms with Crippen LogP contribution in [0.5, 0.6) is 0 Å². The number of carbonyl (C=O) groups is 2. The summed E-state index contributed by atoms with van der Waals surface area (Å²) in [5.74, 6) is -0.418. The molecule has 1 N–H and O–H groups in total. The Bertz CT molecular complexity index is 264. The Labute approximate surface area is 109 Å². The van der Waals surface area contributed by atoms with Crippen molar-refractivity contribution in [2.24, 2.45) is 5.92 Å². The highest BCUT2D eigenvalue weighted by Crippen LogP contribution is 2.04. The Morgan fingerprint density at radius 1 is 1.17 bits per heavy atom. The highest BCUT2D eigenvalue weighted by atomic mass is 16.5. The van der Waals surface area contributed by atoms with Gasteiger partial charge in [-0.15, -0.1) is 0 Å². The summed E-state index contributed by atoms with van der Waals surface area (Å²) in [6, 6.07) is -0.378. The van der Waals surface area contributed by atoms with Crippen LogP contribution in [0.1, 0.15) is 41.0 Å². The molecule has 0 heterocycles. The van der Waals surface area contributed by atoms with E-state index < -0.39 is 0 Å². The first kappa shape index (κ1) is 16.9. The van der Waals surface area contributed by atoms with Crippen molar-refractivity contribution >= 4 is 11.9 Å². The quantitative estimate of drug-likeness (QED) is 0.669. The van der Waals surface area contributed by atoms with Crippen molar-refractivity contribution in [2.45, 2.75) is 53.2 Å². The van der Waals surface area contributed by atoms with E-state index in [2.05, 4.69) is 5.32 Å². The fraction of sp³-hybridized carbons (Fsp3) is 0.846. The van der Waals surface area contributed by atoms with Gasteiger partial charge in [0.25, 0.3) is 0 Å². The van der Waals surface area contributed by atoms with Crippen LogP contribution in [0.3, 0.4) is 0 Å². The Hall–Kier alpha value is -1.10. The molecule has 0 radical (unpaired) electrons. The van der Waals surface area contributed by atoms with Crippen molar-refractivity contribution in [3.63, 3.8) is 0 Å². The molecule has 0 aliphatic heterocycles. The average Bonchev–Trinajstić information content (AvgIpc) is 2.22. The number of esters is 2. The predicted molar refractivity (Wildman–Crippen MR) is 69.1 cm³/mol. The van der Waals surface area contributed by atoms with Gasteiger partial charge in [-0.05, 0) is 26.7 Å². The van der Waals surface area contributed by atoms with Crippen LogP contribution >= 0.6 is 0 Å². The molecule has 0 aromatic rings. The van der Waals surface area contributed by atoms with Crippen molar-refractivity contribution in [2.75, 3.05) is 13.2 Å². The first-order valence-electron chi connectivity index (χ1n) is 6.48. The molecule has 5 nitrogen and oxygen atoms in total. The van der Waals surface area contributed by atoms with Gasteiger partial charge >= 0.3 is 11.9 Å². The fourth-order valence-corrected chi connectivity index (χ4v) is 1.47. The van der Waals surface area contributed by atoms with E-state index in [-0.39, 0.29) is 36.4 Å². The van der Waals surface area contributed by atoms with Crippen molar-refractivity contribution in [1.82, 2.24) is 5.32 Å². The van der Waals surface area contributed by atoms with Gasteiger partial charge in [0.2, 0.25) is 0 Å². The maximum absolute atomic E-state index is 11.6. The van der Waals surface area contributed by atoms with Crippen molar-refractivity contribution in [3.05, 3.63) is 0 Å². The summed E-state index contributed by atoms with van der Waals surface area (Å²) < 4.78 is 9.98. The molecular weight excluding hydrogens is 234 g/mol. The lowest BCUT2D eigenvalue weighted by Crippen LogP contribution is -2.43. The van der Waals surface area contributed by atoms with E-state index >= 15 is 0 Å². The molecule has 1 atom stereocenters. The molecule has 0 aliphatic rings. The van der Waals surface area contributed by atoms with E-state index in [1.807, 2.05) is 13.8 Å². The Balaban J connectivity index is 4.05. The van der Waals surface area contributed by atoms with Crippen molar-refractivity contribution in [3.8, 4) is 0 Å². The van der Waals surface area contributed by atoms with Crippen LogP contribution in [-0.2, 0) is 19.1 Å². The maximum atomic E-state index is 11.6. The molecule has 0 aromatic heterocycles. The van der Waals surface area contributed by atoms with Crippen LogP contribution in [0.25, 0.3) is 0 Å². The van der Waals surface area contributed by atoms with Crippen LogP contribution in [-0.4, -0.2) is 37.2 Å². The van der Waals surface area contributed by atoms with Gasteiger partial charge in [0, 0.05) is 6.54 Å². The van der Waals surface area contributed by atoms with Gasteiger partial charge in [0.15, 0.2) is 0 Å². The fourth-order valence-electron chi connectivity index (χ4n) is 1.47. The highest BCUT2D eigenvalue weighted by Gasteiger charge is 2.22. The zero-order valence-corrected chi connectivity index (χ0v) is 12.0. The van der Waals surface area contributed by atoms with Crippen molar-refractivity contribution in [1.29, 1.82) is 0 Å². The van der Waals surface area contributed by atoms with Gasteiger partial charge in [-0.25, -0.2) is 0 Å². The third-order valence-corrected chi connectivity index (χ3v) is 2.27. The summed E-state index contributed by atoms with van der Waals surface area (Å²) in [4.78, 5) is 23.0. The third kappa shape index (κ3) is 7.27. The first-order chi connectivity index (χ1) is 8.38. The molecule has 0 saturated heterocycles. The Morgan fingerprint density at radius 2 is 1.78 bits per heavy atom. The zero-order chi connectivity index (χ0) is 14.1. The van der Waals surface area contributed by atoms with Gasteiger partial charge < -0.3 is 14.8 Å². The highest BCUT2D eigenvalue weighted by molar-refractivity contribution is 5.76. The summed E-state index contributed by atoms with van der Waals surface area (Å²) in [6.07, 6.45) is 0.143. The zero-order valence-electron chi connectivity index (χ0n) is 12.0. The molecule has 0 rings (SSSR count). The minimum absolute atomic E-state index is 0.108. The standard InChI is InChI=1S/C13H25NO4/c1-6-17-13(16)12(9(2)3)14-8-7-11(15)18-10(4)5/h9-10,12,14H,6-8H2,1-5H3. The average molecular weight is 259 g/mol. The minimum atomic E-state index is -0.378. The number of hydrogen-bond acceptors (Lipinski definition) is 5. The van der Waals surface area contributed by atoms with E-state index in [9.17, 15) is 9.59 Å². The molecule has 0 amide bonds. The van der Waals surface area contributed by atoms with Crippen LogP contribution in [0.2, 0.25) is 0 Å². The molecule has 18 heavy (non-hydrogen) atoms. The van der Waals surface area contributed by atoms with Crippen LogP contribution in [0.15, 0.2) is 0 Å². The van der Waals surface area contributed by atoms with Crippen LogP contribution < -0.4 is 5.32 Å². The molecule has 0 spiro atoms. The Kier molecular flexibility index (Phi) is 8.37. The van der Waals surface area contributed by atoms with Gasteiger partial charge in [-0.1, -0.05) is 13.8 Å². The molecule has 0 saturated carbocycles. The summed E-state index contributed by atoms with van der Waals surface area (Å²) >= 11 is 0. The summed E-state index contributed by atoms with van der Waals surface area (Å²) in [5.41, 5.74) is 0. The van der Waals surface area contributed by atoms with Crippen LogP contribution in [0, 0.1) is 5.92 Å². The van der Waals surface area contributed by atoms with Gasteiger partial charge in [0.1, 0.15) is 6.04 Å². The molecule has 5 heteroatoms. The summed E-state index contributed by atoms with van der Waals surface area (Å²) in [5, 5.41) is 3.03. The topological polar surface area (TPSA) is 64.6 Å². The third-order valence-electron chi connectivity index (χ3n) is 2.27. The maximum Gasteiger partial charge on any atom is 0.323 e. The lowest BCUT2D eigenvalue weighted by molar-refractivity contribution is -0.149. The number of ether oxygens (including phenoxy) is 2. The molecule has 0 aromatic carbocycles. The number of rotatable bonds is 8. The molecule has 0 aliphatic carbocycles.